The number of carboxylic acid groups (broad SMARTS) is 1. The Hall–Kier alpha value is -3.83. The molecule has 1 aromatic carbocycles. The number of nitrogens with one attached hydrogen (secondary N) is 1. The number of fused-ring (bicyclic) bond motifs is 1. The van der Waals surface area contributed by atoms with Gasteiger partial charge in [0.15, 0.2) is 23.8 Å². The second-order valence-electron chi connectivity index (χ2n) is 6.64. The number of amides is 1. The first-order valence-corrected chi connectivity index (χ1v) is 8.98. The molecule has 1 aliphatic heterocycles. The number of hydrogen-bond donors (Lipinski definition) is 4. The minimum Gasteiger partial charge on any atom is -0.479 e. The van der Waals surface area contributed by atoms with Crippen molar-refractivity contribution in [3.8, 4) is 0 Å². The summed E-state index contributed by atoms with van der Waals surface area (Å²) in [6.45, 7) is 0. The van der Waals surface area contributed by atoms with Crippen LogP contribution in [0, 0.1) is 0 Å². The van der Waals surface area contributed by atoms with Gasteiger partial charge < -0.3 is 26.0 Å². The largest absolute Gasteiger partial charge is 0.479 e. The SMILES string of the molecule is Nc1ncnc2c1ncn2[C@@H]1O[C@H](C(=O)O)[C@@H](NC(=O)/C=C\c2ccccc2)[C@H]1O. The molecular formula is C19H18N6O5. The number of nitrogen functional groups attached to an aromatic ring is 1. The van der Waals surface area contributed by atoms with Crippen LogP contribution in [0.4, 0.5) is 5.82 Å². The topological polar surface area (TPSA) is 165 Å². The monoisotopic (exact) mass is 410 g/mol. The van der Waals surface area contributed by atoms with Crippen LogP contribution in [0.15, 0.2) is 49.1 Å². The van der Waals surface area contributed by atoms with E-state index in [0.717, 1.165) is 5.56 Å². The second-order valence-corrected chi connectivity index (χ2v) is 6.64. The van der Waals surface area contributed by atoms with Crippen molar-refractivity contribution in [3.63, 3.8) is 0 Å². The van der Waals surface area contributed by atoms with Crippen LogP contribution in [0.1, 0.15) is 11.8 Å². The van der Waals surface area contributed by atoms with Crippen LogP contribution in [-0.2, 0) is 14.3 Å². The smallest absolute Gasteiger partial charge is 0.335 e. The van der Waals surface area contributed by atoms with Crippen LogP contribution in [0.3, 0.4) is 0 Å². The van der Waals surface area contributed by atoms with Gasteiger partial charge in [-0.2, -0.15) is 0 Å². The highest BCUT2D eigenvalue weighted by Gasteiger charge is 2.49. The van der Waals surface area contributed by atoms with Gasteiger partial charge in [-0.3, -0.25) is 9.36 Å². The molecule has 11 heteroatoms. The van der Waals surface area contributed by atoms with Crippen molar-refractivity contribution in [3.05, 3.63) is 54.6 Å². The molecule has 4 atom stereocenters. The van der Waals surface area contributed by atoms with Crippen LogP contribution in [0.25, 0.3) is 17.2 Å². The van der Waals surface area contributed by atoms with Crippen LogP contribution in [0.5, 0.6) is 0 Å². The minimum atomic E-state index is -1.48. The molecule has 3 aromatic rings. The summed E-state index contributed by atoms with van der Waals surface area (Å²) in [6, 6.07) is 7.92. The molecule has 0 bridgehead atoms. The van der Waals surface area contributed by atoms with Crippen LogP contribution in [-0.4, -0.2) is 59.9 Å². The van der Waals surface area contributed by atoms with E-state index >= 15 is 0 Å². The molecular weight excluding hydrogens is 392 g/mol. The number of nitrogens with zero attached hydrogens (tertiary/aromatic N) is 4. The zero-order valence-electron chi connectivity index (χ0n) is 15.5. The Morgan fingerprint density at radius 2 is 1.97 bits per heavy atom. The van der Waals surface area contributed by atoms with E-state index in [4.69, 9.17) is 10.5 Å². The Labute approximate surface area is 169 Å². The lowest BCUT2D eigenvalue weighted by Crippen LogP contribution is -2.49. The maximum absolute atomic E-state index is 12.3. The lowest BCUT2D eigenvalue weighted by atomic mass is 10.1. The summed E-state index contributed by atoms with van der Waals surface area (Å²) >= 11 is 0. The van der Waals surface area contributed by atoms with Crippen molar-refractivity contribution in [2.24, 2.45) is 0 Å². The summed E-state index contributed by atoms with van der Waals surface area (Å²) in [7, 11) is 0. The van der Waals surface area contributed by atoms with Gasteiger partial charge >= 0.3 is 5.97 Å². The van der Waals surface area contributed by atoms with Gasteiger partial charge in [-0.25, -0.2) is 19.7 Å². The molecule has 1 amide bonds. The number of rotatable bonds is 5. The average Bonchev–Trinajstić information content (AvgIpc) is 3.30. The van der Waals surface area contributed by atoms with Gasteiger partial charge in [0.2, 0.25) is 5.91 Å². The normalized spacial score (nSPS) is 23.8. The molecule has 1 aliphatic rings. The fourth-order valence-corrected chi connectivity index (χ4v) is 3.28. The predicted molar refractivity (Wildman–Crippen MR) is 105 cm³/mol. The third-order valence-corrected chi connectivity index (χ3v) is 4.71. The fourth-order valence-electron chi connectivity index (χ4n) is 3.28. The lowest BCUT2D eigenvalue weighted by Gasteiger charge is -2.19. The van der Waals surface area contributed by atoms with Gasteiger partial charge in [0.1, 0.15) is 17.9 Å². The molecule has 30 heavy (non-hydrogen) atoms. The molecule has 1 fully saturated rings. The van der Waals surface area contributed by atoms with E-state index in [0.29, 0.717) is 5.52 Å². The van der Waals surface area contributed by atoms with Crippen LogP contribution < -0.4 is 11.1 Å². The van der Waals surface area contributed by atoms with Gasteiger partial charge in [0.25, 0.3) is 0 Å². The summed E-state index contributed by atoms with van der Waals surface area (Å²) in [5.41, 5.74) is 7.12. The van der Waals surface area contributed by atoms with Gasteiger partial charge in [-0.15, -0.1) is 0 Å². The third kappa shape index (κ3) is 3.58. The maximum Gasteiger partial charge on any atom is 0.335 e. The average molecular weight is 410 g/mol. The van der Waals surface area contributed by atoms with Crippen LogP contribution >= 0.6 is 0 Å². The summed E-state index contributed by atoms with van der Waals surface area (Å²) < 4.78 is 6.90. The number of anilines is 1. The molecule has 3 heterocycles. The molecule has 11 nitrogen and oxygen atoms in total. The Morgan fingerprint density at radius 3 is 2.70 bits per heavy atom. The number of nitrogens with two attached hydrogens (primary N) is 1. The number of aliphatic hydroxyl groups excluding tert-OH is 1. The summed E-state index contributed by atoms with van der Waals surface area (Å²) in [6.07, 6.45) is 1.38. The highest BCUT2D eigenvalue weighted by molar-refractivity contribution is 5.92. The number of aliphatic hydroxyl groups is 1. The molecule has 2 aromatic heterocycles. The number of carbonyl (C=O) groups is 2. The number of aromatic nitrogens is 4. The molecule has 0 saturated carbocycles. The number of carbonyl (C=O) groups excluding carboxylic acids is 1. The Bertz CT molecular complexity index is 1120. The van der Waals surface area contributed by atoms with Gasteiger partial charge in [-0.1, -0.05) is 30.3 Å². The van der Waals surface area contributed by atoms with E-state index in [1.165, 1.54) is 23.3 Å². The Kier molecular flexibility index (Phi) is 5.12. The predicted octanol–water partition coefficient (Wildman–Crippen LogP) is -0.0504. The summed E-state index contributed by atoms with van der Waals surface area (Å²) in [5, 5.41) is 22.8. The standard InChI is InChI=1S/C19H18N6O5/c20-16-13-17(22-8-21-16)25(9-23-13)18-14(27)12(15(30-18)19(28)29)24-11(26)7-6-10-4-2-1-3-5-10/h1-9,12,14-15,18,27H,(H,24,26)(H,28,29)(H2,20,21,22)/b7-6-/t12-,14+,15-,18+/m0/s1. The quantitative estimate of drug-likeness (QED) is 0.422. The number of imidazole rings is 1. The zero-order valence-corrected chi connectivity index (χ0v) is 15.5. The van der Waals surface area contributed by atoms with Crippen molar-refractivity contribution < 1.29 is 24.5 Å². The molecule has 154 valence electrons. The van der Waals surface area contributed by atoms with Crippen molar-refractivity contribution in [1.82, 2.24) is 24.8 Å². The Morgan fingerprint density at radius 1 is 1.20 bits per heavy atom. The molecule has 0 unspecified atom stereocenters. The van der Waals surface area contributed by atoms with Crippen LogP contribution in [0.2, 0.25) is 0 Å². The molecule has 1 saturated heterocycles. The molecule has 0 radical (unpaired) electrons. The van der Waals surface area contributed by atoms with E-state index in [2.05, 4.69) is 20.3 Å². The number of carboxylic acids is 1. The molecule has 4 rings (SSSR count). The van der Waals surface area contributed by atoms with E-state index in [9.17, 15) is 19.8 Å². The first-order valence-electron chi connectivity index (χ1n) is 8.98. The number of ether oxygens (including phenoxy) is 1. The number of aliphatic carboxylic acids is 1. The minimum absolute atomic E-state index is 0.136. The highest BCUT2D eigenvalue weighted by atomic mass is 16.6. The fraction of sp³-hybridized carbons (Fsp3) is 0.211. The Balaban J connectivity index is 1.57. The first kappa shape index (κ1) is 19.5. The zero-order chi connectivity index (χ0) is 21.3. The van der Waals surface area contributed by atoms with Crippen molar-refractivity contribution in [2.75, 3.05) is 5.73 Å². The number of hydrogen-bond acceptors (Lipinski definition) is 8. The lowest BCUT2D eigenvalue weighted by molar-refractivity contribution is -0.152. The van der Waals surface area contributed by atoms with E-state index in [1.807, 2.05) is 30.3 Å². The van der Waals surface area contributed by atoms with Crippen molar-refractivity contribution >= 4 is 34.9 Å². The highest BCUT2D eigenvalue weighted by Crippen LogP contribution is 2.32. The van der Waals surface area contributed by atoms with Gasteiger partial charge in [0, 0.05) is 6.08 Å². The third-order valence-electron chi connectivity index (χ3n) is 4.71. The molecule has 0 spiro atoms. The van der Waals surface area contributed by atoms with Crippen molar-refractivity contribution in [2.45, 2.75) is 24.5 Å². The maximum atomic E-state index is 12.3. The van der Waals surface area contributed by atoms with Gasteiger partial charge in [-0.05, 0) is 11.6 Å². The summed E-state index contributed by atoms with van der Waals surface area (Å²) in [5.74, 6) is -1.76. The van der Waals surface area contributed by atoms with E-state index in [-0.39, 0.29) is 11.5 Å². The number of benzene rings is 1. The van der Waals surface area contributed by atoms with Gasteiger partial charge in [0.05, 0.1) is 12.4 Å². The summed E-state index contributed by atoms with van der Waals surface area (Å²) in [4.78, 5) is 36.0. The molecule has 0 aliphatic carbocycles. The van der Waals surface area contributed by atoms with E-state index < -0.39 is 36.4 Å². The van der Waals surface area contributed by atoms with Crippen molar-refractivity contribution in [1.29, 1.82) is 0 Å². The van der Waals surface area contributed by atoms with E-state index in [1.54, 1.807) is 6.08 Å². The first-order chi connectivity index (χ1) is 14.5. The second kappa shape index (κ2) is 7.89. The molecule has 5 N–H and O–H groups in total.